The third kappa shape index (κ3) is 8.77. The van der Waals surface area contributed by atoms with Crippen molar-refractivity contribution in [3.05, 3.63) is 39.5 Å². The molecule has 9 nitrogen and oxygen atoms in total. The van der Waals surface area contributed by atoms with E-state index in [2.05, 4.69) is 22.6 Å². The normalized spacial score (nSPS) is 24.7. The molecule has 0 bridgehead atoms. The van der Waals surface area contributed by atoms with Gasteiger partial charge in [0, 0.05) is 31.3 Å². The fraction of sp³-hybridized carbons (Fsp3) is 0.478. The van der Waals surface area contributed by atoms with Crippen LogP contribution in [0.2, 0.25) is 0 Å². The predicted molar refractivity (Wildman–Crippen MR) is 125 cm³/mol. The van der Waals surface area contributed by atoms with E-state index in [1.807, 2.05) is 36.4 Å². The third-order valence-electron chi connectivity index (χ3n) is 4.64. The van der Waals surface area contributed by atoms with Crippen molar-refractivity contribution < 1.29 is 42.9 Å². The molecule has 2 rings (SSSR count). The molecule has 0 radical (unpaired) electrons. The summed E-state index contributed by atoms with van der Waals surface area (Å²) in [5.41, 5.74) is 0.959. The van der Waals surface area contributed by atoms with Crippen molar-refractivity contribution in [2.75, 3.05) is 6.61 Å². The van der Waals surface area contributed by atoms with Crippen LogP contribution in [0, 0.1) is 3.57 Å². The highest BCUT2D eigenvalue weighted by Gasteiger charge is 2.51. The number of hydrogen-bond donors (Lipinski definition) is 0. The molecule has 1 aliphatic rings. The van der Waals surface area contributed by atoms with E-state index in [0.29, 0.717) is 0 Å². The second kappa shape index (κ2) is 12.7. The fourth-order valence-electron chi connectivity index (χ4n) is 3.42. The summed E-state index contributed by atoms with van der Waals surface area (Å²) in [6.07, 6.45) is -1.05. The highest BCUT2D eigenvalue weighted by atomic mass is 127. The average Bonchev–Trinajstić information content (AvgIpc) is 2.71. The molecular formula is C23H27IO9. The number of ether oxygens (including phenoxy) is 5. The Bertz CT molecular complexity index is 880. The molecule has 0 N–H and O–H groups in total. The van der Waals surface area contributed by atoms with E-state index < -0.39 is 54.4 Å². The first-order valence-electron chi connectivity index (χ1n) is 10.3. The van der Waals surface area contributed by atoms with Crippen LogP contribution in [0.25, 0.3) is 6.08 Å². The quantitative estimate of drug-likeness (QED) is 0.263. The maximum atomic E-state index is 11.8. The molecule has 5 atom stereocenters. The molecule has 33 heavy (non-hydrogen) atoms. The lowest BCUT2D eigenvalue weighted by molar-refractivity contribution is -0.251. The minimum Gasteiger partial charge on any atom is -0.463 e. The van der Waals surface area contributed by atoms with Crippen molar-refractivity contribution in [2.24, 2.45) is 0 Å². The van der Waals surface area contributed by atoms with E-state index in [9.17, 15) is 19.2 Å². The number of halogens is 1. The number of carbonyl (C=O) groups excluding carboxylic acids is 4. The monoisotopic (exact) mass is 574 g/mol. The van der Waals surface area contributed by atoms with E-state index in [1.165, 1.54) is 27.7 Å². The zero-order chi connectivity index (χ0) is 24.5. The molecule has 1 fully saturated rings. The Balaban J connectivity index is 2.35. The van der Waals surface area contributed by atoms with Crippen molar-refractivity contribution in [1.29, 1.82) is 0 Å². The lowest BCUT2D eigenvalue weighted by Gasteiger charge is -2.44. The molecule has 0 aliphatic carbocycles. The highest BCUT2D eigenvalue weighted by Crippen LogP contribution is 2.31. The molecule has 0 saturated carbocycles. The van der Waals surface area contributed by atoms with E-state index in [0.717, 1.165) is 9.13 Å². The Morgan fingerprint density at radius 1 is 0.818 bits per heavy atom. The van der Waals surface area contributed by atoms with E-state index >= 15 is 0 Å². The van der Waals surface area contributed by atoms with Crippen molar-refractivity contribution in [1.82, 2.24) is 0 Å². The van der Waals surface area contributed by atoms with Gasteiger partial charge in [0.25, 0.3) is 0 Å². The molecule has 0 spiro atoms. The second-order valence-electron chi connectivity index (χ2n) is 7.43. The first-order chi connectivity index (χ1) is 15.6. The van der Waals surface area contributed by atoms with Gasteiger partial charge in [0.1, 0.15) is 18.8 Å². The zero-order valence-electron chi connectivity index (χ0n) is 18.8. The molecule has 10 heteroatoms. The standard InChI is InChI=1S/C23H27IO9/c1-13(25)29-12-20-22(31-15(3)27)23(32-16(4)28)21(30-14(2)26)19(33-20)7-5-6-17-8-10-18(24)11-9-17/h5-6,8-11,19-23H,7,12H2,1-4H3. The first kappa shape index (κ1) is 26.8. The smallest absolute Gasteiger partial charge is 0.303 e. The molecule has 180 valence electrons. The van der Waals surface area contributed by atoms with Crippen LogP contribution in [0.5, 0.6) is 0 Å². The van der Waals surface area contributed by atoms with Gasteiger partial charge in [-0.3, -0.25) is 19.2 Å². The van der Waals surface area contributed by atoms with Crippen molar-refractivity contribution in [3.63, 3.8) is 0 Å². The number of rotatable bonds is 8. The summed E-state index contributed by atoms with van der Waals surface area (Å²) in [6, 6.07) is 7.83. The third-order valence-corrected chi connectivity index (χ3v) is 5.35. The number of esters is 4. The highest BCUT2D eigenvalue weighted by molar-refractivity contribution is 14.1. The lowest BCUT2D eigenvalue weighted by Crippen LogP contribution is -2.62. The number of benzene rings is 1. The SMILES string of the molecule is CC(=O)OCC1OC(CC=Cc2ccc(I)cc2)C(OC(C)=O)C(OC(C)=O)C1OC(C)=O. The van der Waals surface area contributed by atoms with Crippen LogP contribution in [0.1, 0.15) is 39.7 Å². The summed E-state index contributed by atoms with van der Waals surface area (Å²) < 4.78 is 28.5. The molecule has 1 aliphatic heterocycles. The molecule has 0 aromatic heterocycles. The van der Waals surface area contributed by atoms with Crippen LogP contribution in [-0.2, 0) is 42.9 Å². The molecule has 1 aromatic carbocycles. The van der Waals surface area contributed by atoms with Crippen LogP contribution in [0.4, 0.5) is 0 Å². The van der Waals surface area contributed by atoms with Crippen LogP contribution >= 0.6 is 22.6 Å². The molecule has 1 saturated heterocycles. The fourth-order valence-corrected chi connectivity index (χ4v) is 3.78. The maximum absolute atomic E-state index is 11.8. The Kier molecular flexibility index (Phi) is 10.3. The van der Waals surface area contributed by atoms with Gasteiger partial charge >= 0.3 is 23.9 Å². The van der Waals surface area contributed by atoms with Gasteiger partial charge in [0.05, 0.1) is 0 Å². The van der Waals surface area contributed by atoms with E-state index in [1.54, 1.807) is 0 Å². The summed E-state index contributed by atoms with van der Waals surface area (Å²) in [7, 11) is 0. The van der Waals surface area contributed by atoms with E-state index in [-0.39, 0.29) is 13.0 Å². The molecule has 0 amide bonds. The van der Waals surface area contributed by atoms with Crippen molar-refractivity contribution in [2.45, 2.75) is 64.6 Å². The van der Waals surface area contributed by atoms with E-state index in [4.69, 9.17) is 23.7 Å². The summed E-state index contributed by atoms with van der Waals surface area (Å²) in [5.74, 6) is -2.49. The first-order valence-corrected chi connectivity index (χ1v) is 11.4. The minimum absolute atomic E-state index is 0.241. The maximum Gasteiger partial charge on any atom is 0.303 e. The second-order valence-corrected chi connectivity index (χ2v) is 8.67. The summed E-state index contributed by atoms with van der Waals surface area (Å²) in [6.45, 7) is 4.59. The van der Waals surface area contributed by atoms with Crippen LogP contribution in [0.3, 0.4) is 0 Å². The Morgan fingerprint density at radius 3 is 1.85 bits per heavy atom. The van der Waals surface area contributed by atoms with Gasteiger partial charge in [-0.05, 0) is 46.7 Å². The molecular weight excluding hydrogens is 547 g/mol. The van der Waals surface area contributed by atoms with Crippen LogP contribution < -0.4 is 0 Å². The van der Waals surface area contributed by atoms with Crippen LogP contribution in [0.15, 0.2) is 30.3 Å². The minimum atomic E-state index is -1.15. The average molecular weight is 574 g/mol. The number of carbonyl (C=O) groups is 4. The molecule has 1 heterocycles. The molecule has 1 aromatic rings. The Morgan fingerprint density at radius 2 is 1.33 bits per heavy atom. The largest absolute Gasteiger partial charge is 0.463 e. The summed E-state index contributed by atoms with van der Waals surface area (Å²) >= 11 is 2.21. The van der Waals surface area contributed by atoms with Gasteiger partial charge in [-0.2, -0.15) is 0 Å². The Labute approximate surface area is 205 Å². The van der Waals surface area contributed by atoms with Crippen LogP contribution in [-0.4, -0.2) is 61.0 Å². The predicted octanol–water partition coefficient (Wildman–Crippen LogP) is 2.82. The van der Waals surface area contributed by atoms with Crippen molar-refractivity contribution in [3.8, 4) is 0 Å². The van der Waals surface area contributed by atoms with Gasteiger partial charge in [-0.15, -0.1) is 0 Å². The summed E-state index contributed by atoms with van der Waals surface area (Å²) in [5, 5.41) is 0. The molecule has 5 unspecified atom stereocenters. The number of hydrogen-bond acceptors (Lipinski definition) is 9. The van der Waals surface area contributed by atoms with Gasteiger partial charge in [-0.1, -0.05) is 24.3 Å². The summed E-state index contributed by atoms with van der Waals surface area (Å²) in [4.78, 5) is 46.8. The van der Waals surface area contributed by atoms with Crippen molar-refractivity contribution >= 4 is 52.5 Å². The van der Waals surface area contributed by atoms with Gasteiger partial charge in [0.2, 0.25) is 0 Å². The zero-order valence-corrected chi connectivity index (χ0v) is 21.0. The topological polar surface area (TPSA) is 114 Å². The Hall–Kier alpha value is -2.47. The van der Waals surface area contributed by atoms with Gasteiger partial charge in [-0.25, -0.2) is 0 Å². The van der Waals surface area contributed by atoms with Gasteiger partial charge < -0.3 is 23.7 Å². The lowest BCUT2D eigenvalue weighted by atomic mass is 9.92. The van der Waals surface area contributed by atoms with Gasteiger partial charge in [0.15, 0.2) is 18.3 Å².